The first-order chi connectivity index (χ1) is 6.97. The van der Waals surface area contributed by atoms with Crippen molar-refractivity contribution >= 4 is 27.7 Å². The molecule has 0 radical (unpaired) electrons. The van der Waals surface area contributed by atoms with Gasteiger partial charge in [-0.15, -0.1) is 0 Å². The van der Waals surface area contributed by atoms with Crippen LogP contribution in [0.25, 0.3) is 0 Å². The largest absolute Gasteiger partial charge is 0.439 e. The molecule has 0 atom stereocenters. The molecule has 0 fully saturated rings. The van der Waals surface area contributed by atoms with Gasteiger partial charge in [-0.1, -0.05) is 23.7 Å². The maximum absolute atomic E-state index is 11.5. The van der Waals surface area contributed by atoms with Gasteiger partial charge in [0.2, 0.25) is 0 Å². The highest BCUT2D eigenvalue weighted by atomic mass is 35.5. The van der Waals surface area contributed by atoms with Gasteiger partial charge in [0.05, 0.1) is 5.02 Å². The molecule has 0 heterocycles. The Morgan fingerprint density at radius 1 is 1.40 bits per heavy atom. The number of hydrogen-bond donors (Lipinski definition) is 2. The van der Waals surface area contributed by atoms with Crippen molar-refractivity contribution in [3.63, 3.8) is 0 Å². The van der Waals surface area contributed by atoms with Crippen LogP contribution in [0.15, 0.2) is 29.2 Å². The van der Waals surface area contributed by atoms with Gasteiger partial charge in [0.1, 0.15) is 4.90 Å². The van der Waals surface area contributed by atoms with Crippen LogP contribution in [0.1, 0.15) is 0 Å². The van der Waals surface area contributed by atoms with E-state index in [0.29, 0.717) is 0 Å². The van der Waals surface area contributed by atoms with Crippen LogP contribution in [0.2, 0.25) is 5.02 Å². The van der Waals surface area contributed by atoms with Crippen LogP contribution >= 0.6 is 11.6 Å². The topological polar surface area (TPSA) is 98.5 Å². The number of hydrogen-bond acceptors (Lipinski definition) is 5. The molecule has 6 nitrogen and oxygen atoms in total. The average Bonchev–Trinajstić information content (AvgIpc) is 2.17. The Hall–Kier alpha value is -1.31. The van der Waals surface area contributed by atoms with E-state index in [-0.39, 0.29) is 9.92 Å². The molecule has 0 spiro atoms. The van der Waals surface area contributed by atoms with Crippen LogP contribution in [0, 0.1) is 0 Å². The number of nitrogens with one attached hydrogen (secondary N) is 1. The molecule has 8 heteroatoms. The number of carbonyl (C=O) groups excluding carboxylic acids is 1. The van der Waals surface area contributed by atoms with E-state index in [1.54, 1.807) is 10.8 Å². The zero-order valence-electron chi connectivity index (χ0n) is 7.31. The Bertz CT molecular complexity index is 474. The van der Waals surface area contributed by atoms with Gasteiger partial charge in [-0.3, -0.25) is 0 Å². The maximum atomic E-state index is 11.5. The third-order valence-electron chi connectivity index (χ3n) is 1.45. The van der Waals surface area contributed by atoms with Gasteiger partial charge in [0.15, 0.2) is 0 Å². The summed E-state index contributed by atoms with van der Waals surface area (Å²) in [5.74, 6) is 4.49. The highest BCUT2D eigenvalue weighted by Crippen LogP contribution is 2.19. The molecule has 0 aliphatic carbocycles. The minimum atomic E-state index is -4.04. The van der Waals surface area contributed by atoms with Crippen molar-refractivity contribution in [1.82, 2.24) is 4.72 Å². The highest BCUT2D eigenvalue weighted by molar-refractivity contribution is 7.90. The van der Waals surface area contributed by atoms with Crippen molar-refractivity contribution in [2.75, 3.05) is 0 Å². The molecule has 3 N–H and O–H groups in total. The fourth-order valence-corrected chi connectivity index (χ4v) is 2.25. The first kappa shape index (κ1) is 11.8. The summed E-state index contributed by atoms with van der Waals surface area (Å²) >= 11 is 5.63. The summed E-state index contributed by atoms with van der Waals surface area (Å²) in [6, 6.07) is 5.65. The Kier molecular flexibility index (Phi) is 3.51. The molecular formula is C7H7ClN2O4S. The van der Waals surface area contributed by atoms with Gasteiger partial charge in [0, 0.05) is 0 Å². The monoisotopic (exact) mass is 250 g/mol. The Morgan fingerprint density at radius 3 is 2.53 bits per heavy atom. The number of rotatable bonds is 2. The second kappa shape index (κ2) is 4.47. The minimum Gasteiger partial charge on any atom is -0.356 e. The number of halogens is 1. The van der Waals surface area contributed by atoms with Crippen molar-refractivity contribution in [3.8, 4) is 0 Å². The van der Waals surface area contributed by atoms with E-state index in [9.17, 15) is 13.2 Å². The van der Waals surface area contributed by atoms with E-state index < -0.39 is 16.1 Å². The van der Waals surface area contributed by atoms with Crippen molar-refractivity contribution < 1.29 is 18.0 Å². The van der Waals surface area contributed by atoms with Crippen LogP contribution in [0.5, 0.6) is 0 Å². The van der Waals surface area contributed by atoms with Gasteiger partial charge in [-0.2, -0.15) is 5.90 Å². The van der Waals surface area contributed by atoms with Crippen molar-refractivity contribution in [2.45, 2.75) is 4.90 Å². The standard InChI is InChI=1S/C7H7ClN2O4S/c8-5-3-1-2-4-6(5)15(12,13)10-7(11)14-9/h1-4H,9H2,(H,10,11). The Morgan fingerprint density at radius 2 is 2.00 bits per heavy atom. The SMILES string of the molecule is NOC(=O)NS(=O)(=O)c1ccccc1Cl. The van der Waals surface area contributed by atoms with Crippen LogP contribution in [-0.2, 0) is 14.9 Å². The lowest BCUT2D eigenvalue weighted by atomic mass is 10.4. The van der Waals surface area contributed by atoms with Crippen molar-refractivity contribution in [1.29, 1.82) is 0 Å². The quantitative estimate of drug-likeness (QED) is 0.750. The third kappa shape index (κ3) is 2.82. The highest BCUT2D eigenvalue weighted by Gasteiger charge is 2.20. The van der Waals surface area contributed by atoms with Gasteiger partial charge in [-0.25, -0.2) is 17.9 Å². The second-order valence-electron chi connectivity index (χ2n) is 2.44. The first-order valence-electron chi connectivity index (χ1n) is 3.65. The normalized spacial score (nSPS) is 10.8. The smallest absolute Gasteiger partial charge is 0.356 e. The second-order valence-corrected chi connectivity index (χ2v) is 4.50. The van der Waals surface area contributed by atoms with Crippen LogP contribution < -0.4 is 10.6 Å². The molecule has 0 bridgehead atoms. The fourth-order valence-electron chi connectivity index (χ4n) is 0.851. The molecule has 0 unspecified atom stereocenters. The van der Waals surface area contributed by atoms with E-state index in [2.05, 4.69) is 10.7 Å². The van der Waals surface area contributed by atoms with E-state index in [1.807, 2.05) is 0 Å². The molecule has 0 aromatic heterocycles. The summed E-state index contributed by atoms with van der Waals surface area (Å²) in [6.07, 6.45) is -1.28. The molecule has 82 valence electrons. The van der Waals surface area contributed by atoms with E-state index in [0.717, 1.165) is 0 Å². The van der Waals surface area contributed by atoms with Crippen LogP contribution in [0.3, 0.4) is 0 Å². The Balaban J connectivity index is 3.07. The summed E-state index contributed by atoms with van der Waals surface area (Å²) in [4.78, 5) is 14.1. The zero-order chi connectivity index (χ0) is 11.5. The molecule has 1 aromatic carbocycles. The first-order valence-corrected chi connectivity index (χ1v) is 5.51. The summed E-state index contributed by atoms with van der Waals surface area (Å²) < 4.78 is 24.5. The Labute approximate surface area is 91.0 Å². The zero-order valence-corrected chi connectivity index (χ0v) is 8.88. The van der Waals surface area contributed by atoms with Crippen LogP contribution in [0.4, 0.5) is 4.79 Å². The summed E-state index contributed by atoms with van der Waals surface area (Å²) in [6.45, 7) is 0. The fraction of sp³-hybridized carbons (Fsp3) is 0. The molecule has 0 saturated carbocycles. The number of amides is 1. The van der Waals surface area contributed by atoms with Crippen molar-refractivity contribution in [2.24, 2.45) is 5.90 Å². The molecule has 0 saturated heterocycles. The summed E-state index contributed by atoms with van der Waals surface area (Å²) in [7, 11) is -4.04. The molecule has 0 aliphatic heterocycles. The lowest BCUT2D eigenvalue weighted by molar-refractivity contribution is 0.154. The number of nitrogens with two attached hydrogens (primary N) is 1. The maximum Gasteiger partial charge on any atom is 0.439 e. The van der Waals surface area contributed by atoms with Crippen molar-refractivity contribution in [3.05, 3.63) is 29.3 Å². The molecule has 1 amide bonds. The molecule has 1 rings (SSSR count). The van der Waals surface area contributed by atoms with Crippen LogP contribution in [-0.4, -0.2) is 14.5 Å². The summed E-state index contributed by atoms with van der Waals surface area (Å²) in [5.41, 5.74) is 0. The predicted octanol–water partition coefficient (Wildman–Crippen LogP) is 0.629. The van der Waals surface area contributed by atoms with E-state index in [1.165, 1.54) is 18.2 Å². The van der Waals surface area contributed by atoms with Gasteiger partial charge in [0.25, 0.3) is 10.0 Å². The van der Waals surface area contributed by atoms with Gasteiger partial charge in [-0.05, 0) is 12.1 Å². The van der Waals surface area contributed by atoms with Gasteiger partial charge < -0.3 is 4.84 Å². The minimum absolute atomic E-state index is 0.00479. The predicted molar refractivity (Wildman–Crippen MR) is 52.4 cm³/mol. The molecule has 0 aliphatic rings. The number of carbonyl (C=O) groups is 1. The lowest BCUT2D eigenvalue weighted by Gasteiger charge is -2.05. The van der Waals surface area contributed by atoms with Gasteiger partial charge >= 0.3 is 6.09 Å². The molecule has 15 heavy (non-hydrogen) atoms. The third-order valence-corrected chi connectivity index (χ3v) is 3.26. The summed E-state index contributed by atoms with van der Waals surface area (Å²) in [5, 5.41) is -0.00479. The average molecular weight is 251 g/mol. The van der Waals surface area contributed by atoms with E-state index >= 15 is 0 Å². The van der Waals surface area contributed by atoms with E-state index in [4.69, 9.17) is 11.6 Å². The number of benzene rings is 1. The number of sulfonamides is 1. The molecular weight excluding hydrogens is 244 g/mol. The lowest BCUT2D eigenvalue weighted by Crippen LogP contribution is -2.32. The molecule has 1 aromatic rings.